The highest BCUT2D eigenvalue weighted by Gasteiger charge is 2.09. The van der Waals surface area contributed by atoms with E-state index in [0.29, 0.717) is 18.1 Å². The summed E-state index contributed by atoms with van der Waals surface area (Å²) < 4.78 is 0. The summed E-state index contributed by atoms with van der Waals surface area (Å²) >= 11 is 0. The summed E-state index contributed by atoms with van der Waals surface area (Å²) in [6.07, 6.45) is 10.7. The van der Waals surface area contributed by atoms with Gasteiger partial charge in [0.2, 0.25) is 0 Å². The third kappa shape index (κ3) is 2.57. The zero-order valence-corrected chi connectivity index (χ0v) is 9.59. The van der Waals surface area contributed by atoms with Gasteiger partial charge in [0.05, 0.1) is 5.69 Å². The van der Waals surface area contributed by atoms with Crippen LogP contribution < -0.4 is 5.48 Å². The number of aromatic nitrogens is 2. The first kappa shape index (κ1) is 11.5. The third-order valence-corrected chi connectivity index (χ3v) is 2.48. The summed E-state index contributed by atoms with van der Waals surface area (Å²) in [5.41, 5.74) is 3.92. The van der Waals surface area contributed by atoms with Crippen molar-refractivity contribution in [2.45, 2.75) is 19.8 Å². The number of allylic oxidation sites excluding steroid dienone is 3. The van der Waals surface area contributed by atoms with E-state index in [1.54, 1.807) is 0 Å². The molecule has 1 aromatic heterocycles. The fraction of sp³-hybridized carbons (Fsp3) is 0.250. The van der Waals surface area contributed by atoms with Crippen LogP contribution in [0.3, 0.4) is 0 Å². The van der Waals surface area contributed by atoms with Gasteiger partial charge in [-0.25, -0.2) is 15.0 Å². The molecule has 0 unspecified atom stereocenters. The molecular weight excluding hydrogens is 216 g/mol. The monoisotopic (exact) mass is 230 g/mol. The zero-order chi connectivity index (χ0) is 12.1. The normalized spacial score (nSPS) is 14.4. The Morgan fingerprint density at radius 3 is 3.12 bits per heavy atom. The minimum absolute atomic E-state index is 0.489. The second kappa shape index (κ2) is 5.36. The SMILES string of the molecule is CCC(=Nc1ncnc2c1CC=CC=C2)NO. The maximum Gasteiger partial charge on any atom is 0.161 e. The van der Waals surface area contributed by atoms with Crippen LogP contribution in [-0.4, -0.2) is 21.0 Å². The van der Waals surface area contributed by atoms with Gasteiger partial charge in [0.25, 0.3) is 0 Å². The van der Waals surface area contributed by atoms with Crippen molar-refractivity contribution in [2.75, 3.05) is 0 Å². The van der Waals surface area contributed by atoms with Gasteiger partial charge in [-0.2, -0.15) is 0 Å². The number of nitrogens with zero attached hydrogens (tertiary/aromatic N) is 3. The number of aliphatic imine (C=N–C) groups is 1. The van der Waals surface area contributed by atoms with Crippen LogP contribution in [0.4, 0.5) is 5.82 Å². The molecule has 1 aliphatic rings. The molecule has 1 heterocycles. The Balaban J connectivity index is 2.46. The predicted octanol–water partition coefficient (Wildman–Crippen LogP) is 2.02. The Hall–Kier alpha value is -2.01. The minimum atomic E-state index is 0.489. The lowest BCUT2D eigenvalue weighted by Crippen LogP contribution is -2.17. The summed E-state index contributed by atoms with van der Waals surface area (Å²) in [6.45, 7) is 1.90. The Bertz CT molecular complexity index is 485. The van der Waals surface area contributed by atoms with Gasteiger partial charge in [0.1, 0.15) is 12.2 Å². The molecular formula is C12H14N4O. The molecule has 17 heavy (non-hydrogen) atoms. The summed E-state index contributed by atoms with van der Waals surface area (Å²) in [7, 11) is 0. The molecule has 1 aliphatic carbocycles. The molecule has 0 saturated carbocycles. The van der Waals surface area contributed by atoms with Gasteiger partial charge in [-0.05, 0) is 12.5 Å². The first-order valence-corrected chi connectivity index (χ1v) is 5.50. The molecule has 0 fully saturated rings. The van der Waals surface area contributed by atoms with Gasteiger partial charge in [-0.1, -0.05) is 25.2 Å². The smallest absolute Gasteiger partial charge is 0.161 e. The lowest BCUT2D eigenvalue weighted by atomic mass is 10.1. The number of rotatable bonds is 2. The van der Waals surface area contributed by atoms with E-state index in [9.17, 15) is 0 Å². The topological polar surface area (TPSA) is 70.4 Å². The molecule has 0 aliphatic heterocycles. The van der Waals surface area contributed by atoms with Crippen molar-refractivity contribution in [3.8, 4) is 0 Å². The van der Waals surface area contributed by atoms with Crippen LogP contribution in [0.1, 0.15) is 24.6 Å². The van der Waals surface area contributed by atoms with E-state index in [0.717, 1.165) is 17.7 Å². The lowest BCUT2D eigenvalue weighted by molar-refractivity contribution is 0.232. The Kier molecular flexibility index (Phi) is 3.62. The second-order valence-electron chi connectivity index (χ2n) is 3.58. The molecule has 5 heteroatoms. The number of hydroxylamine groups is 1. The molecule has 2 rings (SSSR count). The molecule has 0 bridgehead atoms. The summed E-state index contributed by atoms with van der Waals surface area (Å²) in [4.78, 5) is 12.6. The molecule has 5 nitrogen and oxygen atoms in total. The summed E-state index contributed by atoms with van der Waals surface area (Å²) in [5.74, 6) is 1.09. The van der Waals surface area contributed by atoms with Crippen LogP contribution in [0.5, 0.6) is 0 Å². The zero-order valence-electron chi connectivity index (χ0n) is 9.59. The van der Waals surface area contributed by atoms with Crippen molar-refractivity contribution < 1.29 is 5.21 Å². The Labute approximate surface area is 99.6 Å². The highest BCUT2D eigenvalue weighted by Crippen LogP contribution is 2.22. The largest absolute Gasteiger partial charge is 0.290 e. The van der Waals surface area contributed by atoms with E-state index in [4.69, 9.17) is 5.21 Å². The molecule has 0 spiro atoms. The third-order valence-electron chi connectivity index (χ3n) is 2.48. The van der Waals surface area contributed by atoms with Crippen molar-refractivity contribution >= 4 is 17.7 Å². The van der Waals surface area contributed by atoms with Crippen LogP contribution in [0.25, 0.3) is 6.08 Å². The van der Waals surface area contributed by atoms with E-state index in [1.807, 2.05) is 31.2 Å². The van der Waals surface area contributed by atoms with Gasteiger partial charge in [0, 0.05) is 12.0 Å². The number of fused-ring (bicyclic) bond motifs is 1. The van der Waals surface area contributed by atoms with Gasteiger partial charge in [-0.15, -0.1) is 0 Å². The predicted molar refractivity (Wildman–Crippen MR) is 66.2 cm³/mol. The van der Waals surface area contributed by atoms with E-state index < -0.39 is 0 Å². The van der Waals surface area contributed by atoms with E-state index in [2.05, 4.69) is 20.4 Å². The molecule has 2 N–H and O–H groups in total. The first-order valence-electron chi connectivity index (χ1n) is 5.50. The number of hydrogen-bond acceptors (Lipinski definition) is 4. The fourth-order valence-corrected chi connectivity index (χ4v) is 1.57. The molecule has 0 saturated heterocycles. The van der Waals surface area contributed by atoms with Crippen LogP contribution >= 0.6 is 0 Å². The van der Waals surface area contributed by atoms with Crippen molar-refractivity contribution in [3.63, 3.8) is 0 Å². The van der Waals surface area contributed by atoms with Crippen LogP contribution in [-0.2, 0) is 6.42 Å². The molecule has 0 radical (unpaired) electrons. The van der Waals surface area contributed by atoms with Crippen molar-refractivity contribution in [1.29, 1.82) is 0 Å². The number of amidine groups is 1. The highest BCUT2D eigenvalue weighted by atomic mass is 16.5. The minimum Gasteiger partial charge on any atom is -0.290 e. The number of nitrogens with one attached hydrogen (secondary N) is 1. The van der Waals surface area contributed by atoms with Gasteiger partial charge < -0.3 is 0 Å². The molecule has 1 aromatic rings. The van der Waals surface area contributed by atoms with Gasteiger partial charge in [-0.3, -0.25) is 10.7 Å². The van der Waals surface area contributed by atoms with Crippen LogP contribution in [0.2, 0.25) is 0 Å². The van der Waals surface area contributed by atoms with E-state index in [1.165, 1.54) is 6.33 Å². The standard InChI is InChI=1S/C12H14N4O/c1-2-11(16-17)15-12-9-6-4-3-5-7-10(9)13-8-14-12/h3-5,7-8,17H,2,6H2,1H3,(H,13,14,15,16). The Morgan fingerprint density at radius 2 is 2.35 bits per heavy atom. The quantitative estimate of drug-likeness (QED) is 0.463. The first-order chi connectivity index (χ1) is 8.35. The average Bonchev–Trinajstić information content (AvgIpc) is 2.61. The Morgan fingerprint density at radius 1 is 1.47 bits per heavy atom. The van der Waals surface area contributed by atoms with Gasteiger partial charge >= 0.3 is 0 Å². The van der Waals surface area contributed by atoms with Crippen LogP contribution in [0, 0.1) is 0 Å². The van der Waals surface area contributed by atoms with Crippen molar-refractivity contribution in [3.05, 3.63) is 35.8 Å². The highest BCUT2D eigenvalue weighted by molar-refractivity contribution is 5.83. The summed E-state index contributed by atoms with van der Waals surface area (Å²) in [6, 6.07) is 0. The molecule has 0 aromatic carbocycles. The lowest BCUT2D eigenvalue weighted by Gasteiger charge is -2.06. The molecule has 0 atom stereocenters. The molecule has 88 valence electrons. The van der Waals surface area contributed by atoms with Crippen molar-refractivity contribution in [2.24, 2.45) is 4.99 Å². The summed E-state index contributed by atoms with van der Waals surface area (Å²) in [5, 5.41) is 8.89. The number of hydrogen-bond donors (Lipinski definition) is 2. The van der Waals surface area contributed by atoms with Gasteiger partial charge in [0.15, 0.2) is 5.82 Å². The van der Waals surface area contributed by atoms with Crippen LogP contribution in [0.15, 0.2) is 29.5 Å². The average molecular weight is 230 g/mol. The van der Waals surface area contributed by atoms with E-state index >= 15 is 0 Å². The van der Waals surface area contributed by atoms with E-state index in [-0.39, 0.29) is 0 Å². The van der Waals surface area contributed by atoms with Crippen molar-refractivity contribution in [1.82, 2.24) is 15.4 Å². The maximum atomic E-state index is 8.89. The maximum absolute atomic E-state index is 8.89. The molecule has 0 amide bonds. The second-order valence-corrected chi connectivity index (χ2v) is 3.58. The fourth-order valence-electron chi connectivity index (χ4n) is 1.57.